The molecule has 0 aromatic carbocycles. The van der Waals surface area contributed by atoms with Crippen molar-refractivity contribution in [2.75, 3.05) is 5.32 Å². The molecule has 2 rings (SSSR count). The van der Waals surface area contributed by atoms with Crippen molar-refractivity contribution < 1.29 is 14.3 Å². The van der Waals surface area contributed by atoms with Gasteiger partial charge in [-0.1, -0.05) is 0 Å². The first-order valence-corrected chi connectivity index (χ1v) is 4.50. The molecule has 15 heavy (non-hydrogen) atoms. The Morgan fingerprint density at radius 1 is 1.60 bits per heavy atom. The molecule has 2 aromatic rings. The Bertz CT molecular complexity index is 492. The van der Waals surface area contributed by atoms with Gasteiger partial charge in [-0.25, -0.2) is 4.98 Å². The Labute approximate surface area is 85.7 Å². The number of carboxylic acids is 1. The fourth-order valence-corrected chi connectivity index (χ4v) is 1.28. The summed E-state index contributed by atoms with van der Waals surface area (Å²) in [6.45, 7) is 1.56. The molecule has 0 amide bonds. The number of hydrogen-bond acceptors (Lipinski definition) is 4. The van der Waals surface area contributed by atoms with Crippen LogP contribution in [0.5, 0.6) is 0 Å². The van der Waals surface area contributed by atoms with Crippen molar-refractivity contribution in [2.24, 2.45) is 0 Å². The van der Waals surface area contributed by atoms with Crippen LogP contribution < -0.4 is 5.32 Å². The molecule has 2 N–H and O–H groups in total. The summed E-state index contributed by atoms with van der Waals surface area (Å²) in [4.78, 5) is 14.7. The van der Waals surface area contributed by atoms with Crippen LogP contribution in [0.25, 0.3) is 11.0 Å². The van der Waals surface area contributed by atoms with E-state index in [0.717, 1.165) is 5.39 Å². The van der Waals surface area contributed by atoms with Gasteiger partial charge in [-0.3, -0.25) is 4.79 Å². The molecule has 0 fully saturated rings. The van der Waals surface area contributed by atoms with E-state index in [-0.39, 0.29) is 0 Å². The zero-order chi connectivity index (χ0) is 10.8. The first-order valence-electron chi connectivity index (χ1n) is 4.50. The predicted molar refractivity (Wildman–Crippen MR) is 54.7 cm³/mol. The third-order valence-electron chi connectivity index (χ3n) is 2.10. The van der Waals surface area contributed by atoms with Crippen LogP contribution in [-0.4, -0.2) is 22.1 Å². The summed E-state index contributed by atoms with van der Waals surface area (Å²) < 4.78 is 5.17. The maximum Gasteiger partial charge on any atom is 0.325 e. The van der Waals surface area contributed by atoms with Crippen molar-refractivity contribution in [1.82, 2.24) is 4.98 Å². The second-order valence-corrected chi connectivity index (χ2v) is 3.20. The highest BCUT2D eigenvalue weighted by molar-refractivity contribution is 5.89. The molecule has 2 heterocycles. The number of fused-ring (bicyclic) bond motifs is 1. The summed E-state index contributed by atoms with van der Waals surface area (Å²) >= 11 is 0. The Morgan fingerprint density at radius 2 is 2.40 bits per heavy atom. The molecule has 0 aliphatic carbocycles. The van der Waals surface area contributed by atoms with Crippen molar-refractivity contribution >= 4 is 22.8 Å². The summed E-state index contributed by atoms with van der Waals surface area (Å²) in [7, 11) is 0. The number of furan rings is 1. The van der Waals surface area contributed by atoms with E-state index in [9.17, 15) is 4.79 Å². The minimum Gasteiger partial charge on any atom is -0.480 e. The number of carboxylic acid groups (broad SMARTS) is 1. The van der Waals surface area contributed by atoms with Crippen LogP contribution in [0.4, 0.5) is 5.82 Å². The molecule has 0 radical (unpaired) electrons. The van der Waals surface area contributed by atoms with Gasteiger partial charge in [-0.05, 0) is 19.1 Å². The topological polar surface area (TPSA) is 75.4 Å². The number of nitrogens with zero attached hydrogens (tertiary/aromatic N) is 1. The van der Waals surface area contributed by atoms with Gasteiger partial charge in [0.25, 0.3) is 0 Å². The standard InChI is InChI=1S/C10H10N2O3/c1-6(10(13)14)12-9-7-3-5-15-8(7)2-4-11-9/h2-6H,1H3,(H,11,12)(H,13,14). The van der Waals surface area contributed by atoms with Gasteiger partial charge >= 0.3 is 5.97 Å². The normalized spacial score (nSPS) is 12.6. The average molecular weight is 206 g/mol. The lowest BCUT2D eigenvalue weighted by atomic mass is 10.3. The number of rotatable bonds is 3. The lowest BCUT2D eigenvalue weighted by molar-refractivity contribution is -0.137. The van der Waals surface area contributed by atoms with Gasteiger partial charge in [0.15, 0.2) is 0 Å². The SMILES string of the molecule is CC(Nc1nccc2occc12)C(=O)O. The molecule has 1 unspecified atom stereocenters. The number of nitrogens with one attached hydrogen (secondary N) is 1. The first-order chi connectivity index (χ1) is 7.18. The lowest BCUT2D eigenvalue weighted by Crippen LogP contribution is -2.25. The van der Waals surface area contributed by atoms with Crippen molar-refractivity contribution in [2.45, 2.75) is 13.0 Å². The number of carbonyl (C=O) groups is 1. The van der Waals surface area contributed by atoms with Crippen molar-refractivity contribution in [1.29, 1.82) is 0 Å². The van der Waals surface area contributed by atoms with Crippen molar-refractivity contribution in [3.63, 3.8) is 0 Å². The van der Waals surface area contributed by atoms with E-state index >= 15 is 0 Å². The third-order valence-corrected chi connectivity index (χ3v) is 2.10. The lowest BCUT2D eigenvalue weighted by Gasteiger charge is -2.09. The summed E-state index contributed by atoms with van der Waals surface area (Å²) in [6, 6.07) is 2.79. The first kappa shape index (κ1) is 9.51. The highest BCUT2D eigenvalue weighted by Gasteiger charge is 2.13. The molecular formula is C10H10N2O3. The minimum absolute atomic E-state index is 0.524. The second kappa shape index (κ2) is 3.61. The molecule has 5 heteroatoms. The van der Waals surface area contributed by atoms with E-state index in [1.807, 2.05) is 0 Å². The van der Waals surface area contributed by atoms with E-state index in [2.05, 4.69) is 10.3 Å². The molecule has 78 valence electrons. The van der Waals surface area contributed by atoms with Crippen LogP contribution in [0.1, 0.15) is 6.92 Å². The number of aliphatic carboxylic acids is 1. The van der Waals surface area contributed by atoms with Crippen LogP contribution in [0.3, 0.4) is 0 Å². The van der Waals surface area contributed by atoms with Crippen molar-refractivity contribution in [3.8, 4) is 0 Å². The van der Waals surface area contributed by atoms with Crippen LogP contribution in [0, 0.1) is 0 Å². The fraction of sp³-hybridized carbons (Fsp3) is 0.200. The Balaban J connectivity index is 2.35. The maximum absolute atomic E-state index is 10.7. The van der Waals surface area contributed by atoms with E-state index in [1.165, 1.54) is 0 Å². The molecule has 0 saturated heterocycles. The molecule has 0 aliphatic heterocycles. The van der Waals surface area contributed by atoms with Gasteiger partial charge in [0.05, 0.1) is 11.6 Å². The van der Waals surface area contributed by atoms with Gasteiger partial charge in [0, 0.05) is 6.20 Å². The van der Waals surface area contributed by atoms with Gasteiger partial charge in [-0.2, -0.15) is 0 Å². The zero-order valence-electron chi connectivity index (χ0n) is 8.10. The number of hydrogen-bond donors (Lipinski definition) is 2. The van der Waals surface area contributed by atoms with E-state index in [4.69, 9.17) is 9.52 Å². The molecule has 0 spiro atoms. The molecule has 5 nitrogen and oxygen atoms in total. The summed E-state index contributed by atoms with van der Waals surface area (Å²) in [5.74, 6) is -0.395. The highest BCUT2D eigenvalue weighted by Crippen LogP contribution is 2.22. The van der Waals surface area contributed by atoms with Crippen LogP contribution in [0.2, 0.25) is 0 Å². The van der Waals surface area contributed by atoms with Crippen LogP contribution >= 0.6 is 0 Å². The Morgan fingerprint density at radius 3 is 3.13 bits per heavy atom. The Hall–Kier alpha value is -2.04. The maximum atomic E-state index is 10.7. The van der Waals surface area contributed by atoms with Crippen LogP contribution in [-0.2, 0) is 4.79 Å². The fourth-order valence-electron chi connectivity index (χ4n) is 1.28. The van der Waals surface area contributed by atoms with Gasteiger partial charge in [-0.15, -0.1) is 0 Å². The second-order valence-electron chi connectivity index (χ2n) is 3.20. The molecule has 1 atom stereocenters. The van der Waals surface area contributed by atoms with E-state index in [1.54, 1.807) is 31.5 Å². The highest BCUT2D eigenvalue weighted by atomic mass is 16.4. The molecule has 0 bridgehead atoms. The molecule has 2 aromatic heterocycles. The van der Waals surface area contributed by atoms with Crippen molar-refractivity contribution in [3.05, 3.63) is 24.6 Å². The predicted octanol–water partition coefficient (Wildman–Crippen LogP) is 1.71. The molecule has 0 saturated carbocycles. The number of anilines is 1. The largest absolute Gasteiger partial charge is 0.480 e. The average Bonchev–Trinajstić information content (AvgIpc) is 2.66. The summed E-state index contributed by atoms with van der Waals surface area (Å²) in [5, 5.41) is 12.3. The third kappa shape index (κ3) is 1.76. The molecule has 0 aliphatic rings. The van der Waals surface area contributed by atoms with E-state index < -0.39 is 12.0 Å². The van der Waals surface area contributed by atoms with Gasteiger partial charge < -0.3 is 14.8 Å². The Kier molecular flexibility index (Phi) is 2.29. The van der Waals surface area contributed by atoms with E-state index in [0.29, 0.717) is 11.4 Å². The van der Waals surface area contributed by atoms with Crippen LogP contribution in [0.15, 0.2) is 29.0 Å². The summed E-state index contributed by atoms with van der Waals surface area (Å²) in [5.41, 5.74) is 0.685. The smallest absolute Gasteiger partial charge is 0.325 e. The monoisotopic (exact) mass is 206 g/mol. The quantitative estimate of drug-likeness (QED) is 0.799. The van der Waals surface area contributed by atoms with Gasteiger partial charge in [0.2, 0.25) is 0 Å². The summed E-state index contributed by atoms with van der Waals surface area (Å²) in [6.07, 6.45) is 3.12. The number of pyridine rings is 1. The minimum atomic E-state index is -0.919. The zero-order valence-corrected chi connectivity index (χ0v) is 8.10. The number of aromatic nitrogens is 1. The molecular weight excluding hydrogens is 196 g/mol. The van der Waals surface area contributed by atoms with Gasteiger partial charge in [0.1, 0.15) is 17.4 Å².